The Labute approximate surface area is 134 Å². The first-order chi connectivity index (χ1) is 10.1. The van der Waals surface area contributed by atoms with E-state index >= 15 is 0 Å². The van der Waals surface area contributed by atoms with Gasteiger partial charge >= 0.3 is 0 Å². The number of carbonyl (C=O) groups excluding carboxylic acids is 1. The van der Waals surface area contributed by atoms with Crippen molar-refractivity contribution in [2.75, 3.05) is 0 Å². The van der Waals surface area contributed by atoms with Crippen LogP contribution in [0.2, 0.25) is 10.0 Å². The maximum Gasteiger partial charge on any atom is 0.147 e. The summed E-state index contributed by atoms with van der Waals surface area (Å²) in [6.07, 6.45) is 3.29. The molecule has 0 radical (unpaired) electrons. The summed E-state index contributed by atoms with van der Waals surface area (Å²) < 4.78 is 0. The van der Waals surface area contributed by atoms with Gasteiger partial charge in [-0.3, -0.25) is 4.79 Å². The fraction of sp³-hybridized carbons (Fsp3) is 0.278. The molecule has 2 aromatic carbocycles. The van der Waals surface area contributed by atoms with Crippen LogP contribution in [0.1, 0.15) is 30.4 Å². The predicted octanol–water partition coefficient (Wildman–Crippen LogP) is 5.23. The van der Waals surface area contributed by atoms with Crippen LogP contribution in [-0.2, 0) is 16.6 Å². The van der Waals surface area contributed by atoms with E-state index in [0.29, 0.717) is 16.5 Å². The van der Waals surface area contributed by atoms with E-state index in [-0.39, 0.29) is 11.2 Å². The van der Waals surface area contributed by atoms with Gasteiger partial charge in [-0.15, -0.1) is 0 Å². The highest BCUT2D eigenvalue weighted by atomic mass is 35.5. The standard InChI is InChI=1S/C18H16Cl2O/c19-15-9-4-6-13(17(15)20)12-16(21)18(10-5-11-18)14-7-2-1-3-8-14/h1-4,6-9H,5,10-12H2. The van der Waals surface area contributed by atoms with Crippen molar-refractivity contribution >= 4 is 29.0 Å². The van der Waals surface area contributed by atoms with Crippen molar-refractivity contribution in [2.45, 2.75) is 31.1 Å². The van der Waals surface area contributed by atoms with E-state index < -0.39 is 0 Å². The molecule has 0 unspecified atom stereocenters. The zero-order chi connectivity index (χ0) is 14.9. The Balaban J connectivity index is 1.89. The first kappa shape index (κ1) is 14.6. The number of Topliss-reactive ketones (excluding diaryl/α,β-unsaturated/α-hetero) is 1. The fourth-order valence-corrected chi connectivity index (χ4v) is 3.43. The lowest BCUT2D eigenvalue weighted by atomic mass is 9.61. The second kappa shape index (κ2) is 5.82. The van der Waals surface area contributed by atoms with E-state index in [1.807, 2.05) is 30.3 Å². The van der Waals surface area contributed by atoms with Crippen LogP contribution in [0.4, 0.5) is 0 Å². The van der Waals surface area contributed by atoms with Gasteiger partial charge in [-0.1, -0.05) is 72.1 Å². The monoisotopic (exact) mass is 318 g/mol. The van der Waals surface area contributed by atoms with Crippen LogP contribution < -0.4 is 0 Å². The smallest absolute Gasteiger partial charge is 0.147 e. The molecular formula is C18H16Cl2O. The van der Waals surface area contributed by atoms with E-state index in [9.17, 15) is 4.79 Å². The Morgan fingerprint density at radius 2 is 1.71 bits per heavy atom. The molecule has 1 nitrogen and oxygen atoms in total. The highest BCUT2D eigenvalue weighted by Crippen LogP contribution is 2.45. The summed E-state index contributed by atoms with van der Waals surface area (Å²) in [6, 6.07) is 15.5. The highest BCUT2D eigenvalue weighted by molar-refractivity contribution is 6.42. The Morgan fingerprint density at radius 3 is 2.33 bits per heavy atom. The Kier molecular flexibility index (Phi) is 4.05. The quantitative estimate of drug-likeness (QED) is 0.754. The third-order valence-corrected chi connectivity index (χ3v) is 5.31. The van der Waals surface area contributed by atoms with E-state index in [1.165, 1.54) is 0 Å². The van der Waals surface area contributed by atoms with Gasteiger partial charge in [0.2, 0.25) is 0 Å². The summed E-state index contributed by atoms with van der Waals surface area (Å²) in [4.78, 5) is 12.9. The summed E-state index contributed by atoms with van der Waals surface area (Å²) in [6.45, 7) is 0. The molecule has 0 N–H and O–H groups in total. The molecule has 0 spiro atoms. The number of hydrogen-bond acceptors (Lipinski definition) is 1. The van der Waals surface area contributed by atoms with Crippen LogP contribution in [0, 0.1) is 0 Å². The lowest BCUT2D eigenvalue weighted by Crippen LogP contribution is -2.43. The molecule has 3 rings (SSSR count). The maximum atomic E-state index is 12.9. The molecule has 0 aromatic heterocycles. The van der Waals surface area contributed by atoms with Gasteiger partial charge in [-0.05, 0) is 30.0 Å². The van der Waals surface area contributed by atoms with Crippen molar-refractivity contribution in [2.24, 2.45) is 0 Å². The molecule has 0 amide bonds. The van der Waals surface area contributed by atoms with Crippen LogP contribution in [0.5, 0.6) is 0 Å². The fourth-order valence-electron chi connectivity index (χ4n) is 3.04. The van der Waals surface area contributed by atoms with Crippen LogP contribution in [0.25, 0.3) is 0 Å². The minimum atomic E-state index is -0.326. The van der Waals surface area contributed by atoms with Gasteiger partial charge in [0.1, 0.15) is 5.78 Å². The molecule has 0 saturated heterocycles. The highest BCUT2D eigenvalue weighted by Gasteiger charge is 2.44. The summed E-state index contributed by atoms with van der Waals surface area (Å²) in [5, 5.41) is 0.999. The first-order valence-electron chi connectivity index (χ1n) is 7.15. The summed E-state index contributed by atoms with van der Waals surface area (Å²) in [5.74, 6) is 0.240. The van der Waals surface area contributed by atoms with E-state index in [2.05, 4.69) is 12.1 Å². The SMILES string of the molecule is O=C(Cc1cccc(Cl)c1Cl)C1(c2ccccc2)CCC1. The minimum absolute atomic E-state index is 0.240. The molecule has 21 heavy (non-hydrogen) atoms. The van der Waals surface area contributed by atoms with Crippen LogP contribution in [-0.4, -0.2) is 5.78 Å². The number of rotatable bonds is 4. The van der Waals surface area contributed by atoms with Crippen LogP contribution in [0.15, 0.2) is 48.5 Å². The Morgan fingerprint density at radius 1 is 1.00 bits per heavy atom. The molecule has 3 heteroatoms. The number of hydrogen-bond donors (Lipinski definition) is 0. The molecule has 0 heterocycles. The van der Waals surface area contributed by atoms with Gasteiger partial charge in [0.05, 0.1) is 15.5 Å². The number of benzene rings is 2. The van der Waals surface area contributed by atoms with Crippen molar-refractivity contribution in [1.82, 2.24) is 0 Å². The normalized spacial score (nSPS) is 16.3. The van der Waals surface area contributed by atoms with Gasteiger partial charge in [-0.25, -0.2) is 0 Å². The molecule has 108 valence electrons. The van der Waals surface area contributed by atoms with Crippen molar-refractivity contribution in [1.29, 1.82) is 0 Å². The molecule has 1 fully saturated rings. The number of carbonyl (C=O) groups is 1. The van der Waals surface area contributed by atoms with E-state index in [0.717, 1.165) is 30.4 Å². The van der Waals surface area contributed by atoms with Crippen LogP contribution >= 0.6 is 23.2 Å². The van der Waals surface area contributed by atoms with Crippen molar-refractivity contribution in [3.05, 3.63) is 69.7 Å². The molecule has 1 saturated carbocycles. The lowest BCUT2D eigenvalue weighted by molar-refractivity contribution is -0.127. The predicted molar refractivity (Wildman–Crippen MR) is 87.1 cm³/mol. The topological polar surface area (TPSA) is 17.1 Å². The van der Waals surface area contributed by atoms with E-state index in [1.54, 1.807) is 6.07 Å². The molecule has 0 atom stereocenters. The zero-order valence-electron chi connectivity index (χ0n) is 11.6. The van der Waals surface area contributed by atoms with Gasteiger partial charge in [0.25, 0.3) is 0 Å². The molecule has 0 aliphatic heterocycles. The third kappa shape index (κ3) is 2.61. The molecule has 1 aliphatic rings. The number of ketones is 1. The van der Waals surface area contributed by atoms with Crippen molar-refractivity contribution in [3.63, 3.8) is 0 Å². The van der Waals surface area contributed by atoms with Gasteiger partial charge < -0.3 is 0 Å². The molecule has 0 bridgehead atoms. The van der Waals surface area contributed by atoms with Gasteiger partial charge in [0, 0.05) is 6.42 Å². The average Bonchev–Trinajstić information content (AvgIpc) is 2.44. The van der Waals surface area contributed by atoms with Crippen LogP contribution in [0.3, 0.4) is 0 Å². The van der Waals surface area contributed by atoms with Gasteiger partial charge in [0.15, 0.2) is 0 Å². The second-order valence-electron chi connectivity index (χ2n) is 5.61. The largest absolute Gasteiger partial charge is 0.298 e. The van der Waals surface area contributed by atoms with Crippen molar-refractivity contribution in [3.8, 4) is 0 Å². The summed E-state index contributed by atoms with van der Waals surface area (Å²) in [5.41, 5.74) is 1.61. The van der Waals surface area contributed by atoms with Gasteiger partial charge in [-0.2, -0.15) is 0 Å². The second-order valence-corrected chi connectivity index (χ2v) is 6.40. The third-order valence-electron chi connectivity index (χ3n) is 4.45. The zero-order valence-corrected chi connectivity index (χ0v) is 13.1. The molecular weight excluding hydrogens is 303 g/mol. The van der Waals surface area contributed by atoms with E-state index in [4.69, 9.17) is 23.2 Å². The summed E-state index contributed by atoms with van der Waals surface area (Å²) in [7, 11) is 0. The molecule has 2 aromatic rings. The lowest BCUT2D eigenvalue weighted by Gasteiger charge is -2.41. The maximum absolute atomic E-state index is 12.9. The molecule has 1 aliphatic carbocycles. The average molecular weight is 319 g/mol. The minimum Gasteiger partial charge on any atom is -0.298 e. The number of halogens is 2. The summed E-state index contributed by atoms with van der Waals surface area (Å²) >= 11 is 12.2. The Bertz CT molecular complexity index is 660. The van der Waals surface area contributed by atoms with Crippen molar-refractivity contribution < 1.29 is 4.79 Å². The first-order valence-corrected chi connectivity index (χ1v) is 7.91. The Hall–Kier alpha value is -1.31.